The summed E-state index contributed by atoms with van der Waals surface area (Å²) in [7, 11) is -3.58. The lowest BCUT2D eigenvalue weighted by Crippen LogP contribution is -2.53. The summed E-state index contributed by atoms with van der Waals surface area (Å²) in [4.78, 5) is 28.3. The number of carbonyl (C=O) groups excluding carboxylic acids is 2. The number of rotatable bonds is 3. The lowest BCUT2D eigenvalue weighted by molar-refractivity contribution is -0.141. The van der Waals surface area contributed by atoms with Crippen molar-refractivity contribution in [2.24, 2.45) is 5.92 Å². The second-order valence-electron chi connectivity index (χ2n) is 8.24. The van der Waals surface area contributed by atoms with Gasteiger partial charge in [0.1, 0.15) is 0 Å². The molecule has 2 amide bonds. The Bertz CT molecular complexity index is 873. The van der Waals surface area contributed by atoms with E-state index < -0.39 is 10.0 Å². The van der Waals surface area contributed by atoms with Gasteiger partial charge in [0, 0.05) is 52.1 Å². The predicted octanol–water partition coefficient (Wildman–Crippen LogP) is 1.70. The van der Waals surface area contributed by atoms with Crippen LogP contribution in [0.3, 0.4) is 0 Å². The SMILES string of the molecule is CC(=O)N1CCC(C(=O)N2CCN(S(=O)(=O)c3c(C)cc(C)cc3C)CC2)CC1. The number of piperazine rings is 1. The van der Waals surface area contributed by atoms with Crippen LogP contribution >= 0.6 is 0 Å². The summed E-state index contributed by atoms with van der Waals surface area (Å²) >= 11 is 0. The molecular formula is C21H31N3O4S. The van der Waals surface area contributed by atoms with Gasteiger partial charge in [0.25, 0.3) is 0 Å². The number of aryl methyl sites for hydroxylation is 3. The summed E-state index contributed by atoms with van der Waals surface area (Å²) in [6.45, 7) is 9.86. The molecule has 0 unspecified atom stereocenters. The molecule has 1 aromatic rings. The van der Waals surface area contributed by atoms with Gasteiger partial charge in [-0.15, -0.1) is 0 Å². The molecule has 0 atom stereocenters. The van der Waals surface area contributed by atoms with E-state index >= 15 is 0 Å². The Morgan fingerprint density at radius 2 is 1.38 bits per heavy atom. The van der Waals surface area contributed by atoms with E-state index in [1.807, 2.05) is 32.9 Å². The minimum atomic E-state index is -3.58. The molecule has 0 radical (unpaired) electrons. The molecule has 0 N–H and O–H groups in total. The fraction of sp³-hybridized carbons (Fsp3) is 0.619. The van der Waals surface area contributed by atoms with Crippen LogP contribution in [0.4, 0.5) is 0 Å². The second-order valence-corrected chi connectivity index (χ2v) is 10.1. The summed E-state index contributed by atoms with van der Waals surface area (Å²) in [6.07, 6.45) is 1.36. The molecule has 8 heteroatoms. The van der Waals surface area contributed by atoms with Gasteiger partial charge in [-0.1, -0.05) is 17.7 Å². The van der Waals surface area contributed by atoms with E-state index in [0.29, 0.717) is 57.0 Å². The number of sulfonamides is 1. The smallest absolute Gasteiger partial charge is 0.243 e. The molecule has 0 aromatic heterocycles. The molecule has 2 aliphatic heterocycles. The fourth-order valence-corrected chi connectivity index (χ4v) is 6.38. The predicted molar refractivity (Wildman–Crippen MR) is 111 cm³/mol. The van der Waals surface area contributed by atoms with Crippen molar-refractivity contribution in [3.63, 3.8) is 0 Å². The molecule has 2 saturated heterocycles. The first-order valence-corrected chi connectivity index (χ1v) is 11.7. The second kappa shape index (κ2) is 8.44. The summed E-state index contributed by atoms with van der Waals surface area (Å²) in [5, 5.41) is 0. The molecule has 2 aliphatic rings. The van der Waals surface area contributed by atoms with Gasteiger partial charge in [-0.3, -0.25) is 9.59 Å². The molecule has 0 saturated carbocycles. The summed E-state index contributed by atoms with van der Waals surface area (Å²) in [5.41, 5.74) is 2.57. The van der Waals surface area contributed by atoms with E-state index in [9.17, 15) is 18.0 Å². The quantitative estimate of drug-likeness (QED) is 0.744. The lowest BCUT2D eigenvalue weighted by atomic mass is 9.95. The molecule has 7 nitrogen and oxygen atoms in total. The van der Waals surface area contributed by atoms with E-state index in [2.05, 4.69) is 0 Å². The minimum absolute atomic E-state index is 0.0522. The van der Waals surface area contributed by atoms with Crippen LogP contribution in [0.2, 0.25) is 0 Å². The zero-order valence-electron chi connectivity index (χ0n) is 17.8. The Hall–Kier alpha value is -1.93. The summed E-state index contributed by atoms with van der Waals surface area (Å²) in [5.74, 6) is 0.0692. The first-order valence-electron chi connectivity index (χ1n) is 10.2. The van der Waals surface area contributed by atoms with Crippen LogP contribution in [0.5, 0.6) is 0 Å². The van der Waals surface area contributed by atoms with Crippen LogP contribution in [0, 0.1) is 26.7 Å². The average Bonchev–Trinajstić information content (AvgIpc) is 2.66. The van der Waals surface area contributed by atoms with Crippen molar-refractivity contribution in [2.45, 2.75) is 45.4 Å². The topological polar surface area (TPSA) is 78.0 Å². The van der Waals surface area contributed by atoms with Crippen molar-refractivity contribution in [1.82, 2.24) is 14.1 Å². The molecule has 0 aliphatic carbocycles. The van der Waals surface area contributed by atoms with Crippen molar-refractivity contribution in [3.8, 4) is 0 Å². The van der Waals surface area contributed by atoms with E-state index in [1.165, 1.54) is 4.31 Å². The van der Waals surface area contributed by atoms with Gasteiger partial charge in [-0.05, 0) is 44.7 Å². The molecule has 1 aromatic carbocycles. The number of hydrogen-bond donors (Lipinski definition) is 0. The van der Waals surface area contributed by atoms with E-state index in [1.54, 1.807) is 16.7 Å². The number of benzene rings is 1. The van der Waals surface area contributed by atoms with Gasteiger partial charge >= 0.3 is 0 Å². The number of likely N-dealkylation sites (tertiary alicyclic amines) is 1. The van der Waals surface area contributed by atoms with Crippen LogP contribution in [0.1, 0.15) is 36.5 Å². The zero-order valence-corrected chi connectivity index (χ0v) is 18.6. The van der Waals surface area contributed by atoms with Gasteiger partial charge in [-0.25, -0.2) is 8.42 Å². The third-order valence-corrected chi connectivity index (χ3v) is 8.25. The molecule has 160 valence electrons. The van der Waals surface area contributed by atoms with Crippen molar-refractivity contribution < 1.29 is 18.0 Å². The van der Waals surface area contributed by atoms with Crippen LogP contribution in [-0.2, 0) is 19.6 Å². The summed E-state index contributed by atoms with van der Waals surface area (Å²) in [6, 6.07) is 3.79. The monoisotopic (exact) mass is 421 g/mol. The van der Waals surface area contributed by atoms with Crippen molar-refractivity contribution >= 4 is 21.8 Å². The van der Waals surface area contributed by atoms with Crippen LogP contribution in [0.25, 0.3) is 0 Å². The average molecular weight is 422 g/mol. The molecular weight excluding hydrogens is 390 g/mol. The maximum Gasteiger partial charge on any atom is 0.243 e. The summed E-state index contributed by atoms with van der Waals surface area (Å²) < 4.78 is 27.9. The Balaban J connectivity index is 1.63. The van der Waals surface area contributed by atoms with Gasteiger partial charge in [0.15, 0.2) is 0 Å². The highest BCUT2D eigenvalue weighted by atomic mass is 32.2. The Labute approximate surface area is 173 Å². The highest BCUT2D eigenvalue weighted by molar-refractivity contribution is 7.89. The van der Waals surface area contributed by atoms with Crippen LogP contribution in [-0.4, -0.2) is 73.6 Å². The first kappa shape index (κ1) is 21.8. The van der Waals surface area contributed by atoms with E-state index in [0.717, 1.165) is 16.7 Å². The molecule has 29 heavy (non-hydrogen) atoms. The van der Waals surface area contributed by atoms with Gasteiger partial charge < -0.3 is 9.80 Å². The maximum absolute atomic E-state index is 13.2. The van der Waals surface area contributed by atoms with Gasteiger partial charge in [0.2, 0.25) is 21.8 Å². The molecule has 2 heterocycles. The minimum Gasteiger partial charge on any atom is -0.343 e. The highest BCUT2D eigenvalue weighted by Gasteiger charge is 2.35. The Morgan fingerprint density at radius 3 is 1.86 bits per heavy atom. The van der Waals surface area contributed by atoms with Crippen LogP contribution in [0.15, 0.2) is 17.0 Å². The van der Waals surface area contributed by atoms with Crippen molar-refractivity contribution in [1.29, 1.82) is 0 Å². The highest BCUT2D eigenvalue weighted by Crippen LogP contribution is 2.27. The Kier molecular flexibility index (Phi) is 6.33. The Morgan fingerprint density at radius 1 is 0.862 bits per heavy atom. The lowest BCUT2D eigenvalue weighted by Gasteiger charge is -2.38. The number of piperidine rings is 1. The number of hydrogen-bond acceptors (Lipinski definition) is 4. The zero-order chi connectivity index (χ0) is 21.3. The number of nitrogens with zero attached hydrogens (tertiary/aromatic N) is 3. The maximum atomic E-state index is 13.2. The number of carbonyl (C=O) groups is 2. The van der Waals surface area contributed by atoms with Crippen molar-refractivity contribution in [3.05, 3.63) is 28.8 Å². The molecule has 0 bridgehead atoms. The molecule has 3 rings (SSSR count). The van der Waals surface area contributed by atoms with E-state index in [4.69, 9.17) is 0 Å². The van der Waals surface area contributed by atoms with Crippen LogP contribution < -0.4 is 0 Å². The molecule has 2 fully saturated rings. The normalized spacial score (nSPS) is 19.4. The fourth-order valence-electron chi connectivity index (χ4n) is 4.55. The first-order chi connectivity index (χ1) is 13.6. The van der Waals surface area contributed by atoms with Gasteiger partial charge in [-0.2, -0.15) is 4.31 Å². The third-order valence-electron chi connectivity index (χ3n) is 6.04. The third kappa shape index (κ3) is 4.48. The van der Waals surface area contributed by atoms with Crippen molar-refractivity contribution in [2.75, 3.05) is 39.3 Å². The molecule has 0 spiro atoms. The van der Waals surface area contributed by atoms with E-state index in [-0.39, 0.29) is 17.7 Å². The number of amides is 2. The largest absolute Gasteiger partial charge is 0.343 e. The van der Waals surface area contributed by atoms with Gasteiger partial charge in [0.05, 0.1) is 4.90 Å². The standard InChI is InChI=1S/C21H31N3O4S/c1-15-13-16(2)20(17(3)14-15)29(27,28)24-11-9-23(10-12-24)21(26)19-5-7-22(8-6-19)18(4)25/h13-14,19H,5-12H2,1-4H3.